The predicted molar refractivity (Wildman–Crippen MR) is 85.9 cm³/mol. The molecule has 4 nitrogen and oxygen atoms in total. The molecule has 1 aromatic carbocycles. The Balaban J connectivity index is 1.78. The van der Waals surface area contributed by atoms with E-state index in [9.17, 15) is 9.90 Å². The highest BCUT2D eigenvalue weighted by molar-refractivity contribution is 5.98. The van der Waals surface area contributed by atoms with E-state index in [0.717, 1.165) is 42.2 Å². The van der Waals surface area contributed by atoms with Crippen LogP contribution < -0.4 is 0 Å². The zero-order valence-corrected chi connectivity index (χ0v) is 13.2. The Hall–Kier alpha value is -1.81. The van der Waals surface area contributed by atoms with Gasteiger partial charge in [-0.15, -0.1) is 0 Å². The molecule has 0 saturated heterocycles. The summed E-state index contributed by atoms with van der Waals surface area (Å²) in [5.74, 6) is 0.479. The van der Waals surface area contributed by atoms with Crippen molar-refractivity contribution in [3.63, 3.8) is 0 Å². The van der Waals surface area contributed by atoms with Gasteiger partial charge in [-0.1, -0.05) is 31.0 Å². The molecule has 0 radical (unpaired) electrons. The third kappa shape index (κ3) is 2.75. The summed E-state index contributed by atoms with van der Waals surface area (Å²) in [4.78, 5) is 14.4. The summed E-state index contributed by atoms with van der Waals surface area (Å²) in [6.07, 6.45) is 3.75. The summed E-state index contributed by atoms with van der Waals surface area (Å²) in [7, 11) is 1.79. The molecule has 1 fully saturated rings. The molecule has 0 spiro atoms. The SMILES string of the molecule is Cc1c(C(=O)N(C)CC2CCCCC2O)oc2ccccc12. The standard InChI is InChI=1S/C18H23NO3/c1-12-14-8-4-6-10-16(14)22-17(12)18(21)19(2)11-13-7-3-5-9-15(13)20/h4,6,8,10,13,15,20H,3,5,7,9,11H2,1-2H3. The van der Waals surface area contributed by atoms with Crippen LogP contribution in [-0.4, -0.2) is 35.6 Å². The highest BCUT2D eigenvalue weighted by Crippen LogP contribution is 2.28. The molecule has 22 heavy (non-hydrogen) atoms. The summed E-state index contributed by atoms with van der Waals surface area (Å²) >= 11 is 0. The first-order chi connectivity index (χ1) is 10.6. The monoisotopic (exact) mass is 301 g/mol. The molecule has 1 aliphatic carbocycles. The highest BCUT2D eigenvalue weighted by Gasteiger charge is 2.28. The van der Waals surface area contributed by atoms with Crippen molar-refractivity contribution in [2.75, 3.05) is 13.6 Å². The smallest absolute Gasteiger partial charge is 0.289 e. The average molecular weight is 301 g/mol. The number of carbonyl (C=O) groups is 1. The van der Waals surface area contributed by atoms with E-state index in [4.69, 9.17) is 4.42 Å². The Morgan fingerprint density at radius 3 is 2.77 bits per heavy atom. The number of aliphatic hydroxyl groups is 1. The first-order valence-corrected chi connectivity index (χ1v) is 7.99. The van der Waals surface area contributed by atoms with Crippen LogP contribution in [0.1, 0.15) is 41.8 Å². The normalized spacial score (nSPS) is 22.0. The quantitative estimate of drug-likeness (QED) is 0.945. The van der Waals surface area contributed by atoms with Gasteiger partial charge < -0.3 is 14.4 Å². The predicted octanol–water partition coefficient (Wildman–Crippen LogP) is 3.36. The van der Waals surface area contributed by atoms with Gasteiger partial charge in [0, 0.05) is 30.5 Å². The summed E-state index contributed by atoms with van der Waals surface area (Å²) in [5.41, 5.74) is 1.63. The molecule has 1 aliphatic rings. The van der Waals surface area contributed by atoms with Gasteiger partial charge in [0.15, 0.2) is 5.76 Å². The minimum atomic E-state index is -0.291. The molecular formula is C18H23NO3. The number of fused-ring (bicyclic) bond motifs is 1. The summed E-state index contributed by atoms with van der Waals surface area (Å²) in [6, 6.07) is 7.70. The van der Waals surface area contributed by atoms with Crippen molar-refractivity contribution in [1.29, 1.82) is 0 Å². The van der Waals surface area contributed by atoms with Gasteiger partial charge in [0.25, 0.3) is 5.91 Å². The maximum Gasteiger partial charge on any atom is 0.289 e. The van der Waals surface area contributed by atoms with E-state index in [2.05, 4.69) is 0 Å². The zero-order chi connectivity index (χ0) is 15.7. The molecule has 1 heterocycles. The maximum atomic E-state index is 12.7. The molecule has 2 unspecified atom stereocenters. The third-order valence-corrected chi connectivity index (χ3v) is 4.76. The van der Waals surface area contributed by atoms with Crippen LogP contribution in [0.4, 0.5) is 0 Å². The molecule has 2 atom stereocenters. The van der Waals surface area contributed by atoms with Crippen LogP contribution in [0.25, 0.3) is 11.0 Å². The Labute approximate surface area is 130 Å². The van der Waals surface area contributed by atoms with Crippen LogP contribution in [0.2, 0.25) is 0 Å². The molecule has 4 heteroatoms. The second kappa shape index (κ2) is 6.13. The minimum Gasteiger partial charge on any atom is -0.451 e. The highest BCUT2D eigenvalue weighted by atomic mass is 16.3. The van der Waals surface area contributed by atoms with E-state index >= 15 is 0 Å². The molecular weight excluding hydrogens is 278 g/mol. The van der Waals surface area contributed by atoms with Crippen molar-refractivity contribution < 1.29 is 14.3 Å². The lowest BCUT2D eigenvalue weighted by Crippen LogP contribution is -2.38. The minimum absolute atomic E-state index is 0.105. The lowest BCUT2D eigenvalue weighted by Gasteiger charge is -2.31. The van der Waals surface area contributed by atoms with Gasteiger partial charge in [-0.25, -0.2) is 0 Å². The van der Waals surface area contributed by atoms with E-state index in [0.29, 0.717) is 12.3 Å². The van der Waals surface area contributed by atoms with E-state index in [1.54, 1.807) is 11.9 Å². The van der Waals surface area contributed by atoms with Gasteiger partial charge in [-0.3, -0.25) is 4.79 Å². The molecule has 1 amide bonds. The second-order valence-corrected chi connectivity index (χ2v) is 6.35. The second-order valence-electron chi connectivity index (χ2n) is 6.35. The fourth-order valence-electron chi connectivity index (χ4n) is 3.39. The van der Waals surface area contributed by atoms with Crippen LogP contribution in [0, 0.1) is 12.8 Å². The Bertz CT molecular complexity index is 676. The van der Waals surface area contributed by atoms with E-state index in [-0.39, 0.29) is 17.9 Å². The van der Waals surface area contributed by atoms with Crippen LogP contribution in [0.5, 0.6) is 0 Å². The first kappa shape index (κ1) is 15.1. The maximum absolute atomic E-state index is 12.7. The number of furan rings is 1. The summed E-state index contributed by atoms with van der Waals surface area (Å²) in [6.45, 7) is 2.50. The summed E-state index contributed by atoms with van der Waals surface area (Å²) < 4.78 is 5.74. The number of aryl methyl sites for hydroxylation is 1. The van der Waals surface area contributed by atoms with Gasteiger partial charge in [0.1, 0.15) is 5.58 Å². The molecule has 118 valence electrons. The van der Waals surface area contributed by atoms with Gasteiger partial charge in [-0.2, -0.15) is 0 Å². The van der Waals surface area contributed by atoms with Crippen molar-refractivity contribution in [2.24, 2.45) is 5.92 Å². The Morgan fingerprint density at radius 2 is 2.05 bits per heavy atom. The number of carbonyl (C=O) groups excluding carboxylic acids is 1. The number of para-hydroxylation sites is 1. The van der Waals surface area contributed by atoms with Crippen LogP contribution in [0.15, 0.2) is 28.7 Å². The van der Waals surface area contributed by atoms with Crippen molar-refractivity contribution in [3.8, 4) is 0 Å². The van der Waals surface area contributed by atoms with Gasteiger partial charge in [0.2, 0.25) is 0 Å². The molecule has 1 saturated carbocycles. The lowest BCUT2D eigenvalue weighted by molar-refractivity contribution is 0.0438. The molecule has 1 N–H and O–H groups in total. The Morgan fingerprint density at radius 1 is 1.32 bits per heavy atom. The van der Waals surface area contributed by atoms with Crippen molar-refractivity contribution in [2.45, 2.75) is 38.7 Å². The topological polar surface area (TPSA) is 53.7 Å². The average Bonchev–Trinajstić information content (AvgIpc) is 2.86. The number of nitrogens with zero attached hydrogens (tertiary/aromatic N) is 1. The lowest BCUT2D eigenvalue weighted by atomic mass is 9.86. The fraction of sp³-hybridized carbons (Fsp3) is 0.500. The fourth-order valence-corrected chi connectivity index (χ4v) is 3.39. The Kier molecular flexibility index (Phi) is 4.21. The van der Waals surface area contributed by atoms with Gasteiger partial charge in [0.05, 0.1) is 6.10 Å². The molecule has 2 aromatic rings. The van der Waals surface area contributed by atoms with Crippen molar-refractivity contribution in [3.05, 3.63) is 35.6 Å². The number of amides is 1. The van der Waals surface area contributed by atoms with Crippen LogP contribution in [-0.2, 0) is 0 Å². The number of aliphatic hydroxyl groups excluding tert-OH is 1. The van der Waals surface area contributed by atoms with Crippen LogP contribution in [0.3, 0.4) is 0 Å². The number of benzene rings is 1. The van der Waals surface area contributed by atoms with E-state index in [1.165, 1.54) is 0 Å². The van der Waals surface area contributed by atoms with E-state index < -0.39 is 0 Å². The molecule has 3 rings (SSSR count). The first-order valence-electron chi connectivity index (χ1n) is 7.99. The van der Waals surface area contributed by atoms with Gasteiger partial charge in [-0.05, 0) is 25.8 Å². The summed E-state index contributed by atoms with van der Waals surface area (Å²) in [5, 5.41) is 11.1. The molecule has 1 aromatic heterocycles. The zero-order valence-electron chi connectivity index (χ0n) is 13.2. The number of hydrogen-bond acceptors (Lipinski definition) is 3. The van der Waals surface area contributed by atoms with Crippen molar-refractivity contribution in [1.82, 2.24) is 4.90 Å². The molecule has 0 aliphatic heterocycles. The largest absolute Gasteiger partial charge is 0.451 e. The van der Waals surface area contributed by atoms with Crippen LogP contribution >= 0.6 is 0 Å². The van der Waals surface area contributed by atoms with Crippen molar-refractivity contribution >= 4 is 16.9 Å². The third-order valence-electron chi connectivity index (χ3n) is 4.76. The number of rotatable bonds is 3. The van der Waals surface area contributed by atoms with Gasteiger partial charge >= 0.3 is 0 Å². The molecule has 0 bridgehead atoms. The van der Waals surface area contributed by atoms with E-state index in [1.807, 2.05) is 31.2 Å². The number of hydrogen-bond donors (Lipinski definition) is 1.